The molecule has 0 saturated heterocycles. The number of hydrogen-bond acceptors (Lipinski definition) is 5. The summed E-state index contributed by atoms with van der Waals surface area (Å²) in [5, 5.41) is -1.07. The fourth-order valence-electron chi connectivity index (χ4n) is 1.32. The predicted molar refractivity (Wildman–Crippen MR) is 74.6 cm³/mol. The summed E-state index contributed by atoms with van der Waals surface area (Å²) in [6, 6.07) is 3.47. The predicted octanol–water partition coefficient (Wildman–Crippen LogP) is -0.120. The van der Waals surface area contributed by atoms with Gasteiger partial charge in [-0.3, -0.25) is 4.72 Å². The van der Waals surface area contributed by atoms with Crippen LogP contribution in [0, 0.1) is 17.7 Å². The average molecular weight is 320 g/mol. The Balaban J connectivity index is 2.98. The maximum atomic E-state index is 13.6. The lowest BCUT2D eigenvalue weighted by Gasteiger charge is -2.07. The molecular formula is C11H13FN2O4S2. The number of sulfone groups is 1. The van der Waals surface area contributed by atoms with Gasteiger partial charge in [-0.15, -0.1) is 0 Å². The van der Waals surface area contributed by atoms with E-state index in [1.807, 2.05) is 4.72 Å². The van der Waals surface area contributed by atoms with Crippen LogP contribution >= 0.6 is 0 Å². The van der Waals surface area contributed by atoms with Crippen LogP contribution in [0.5, 0.6) is 0 Å². The van der Waals surface area contributed by atoms with Gasteiger partial charge in [-0.05, 0) is 18.2 Å². The van der Waals surface area contributed by atoms with Gasteiger partial charge in [-0.2, -0.15) is 0 Å². The number of rotatable bonds is 4. The van der Waals surface area contributed by atoms with E-state index in [1.54, 1.807) is 0 Å². The lowest BCUT2D eigenvalue weighted by Crippen LogP contribution is -2.22. The first kappa shape index (κ1) is 16.4. The fraction of sp³-hybridized carbons (Fsp3) is 0.273. The third-order valence-corrected chi connectivity index (χ3v) is 5.44. The van der Waals surface area contributed by atoms with Crippen LogP contribution in [0.25, 0.3) is 0 Å². The molecule has 110 valence electrons. The van der Waals surface area contributed by atoms with Gasteiger partial charge in [0.2, 0.25) is 10.0 Å². The van der Waals surface area contributed by atoms with E-state index in [1.165, 1.54) is 12.1 Å². The van der Waals surface area contributed by atoms with Crippen molar-refractivity contribution in [1.29, 1.82) is 0 Å². The monoisotopic (exact) mass is 320 g/mol. The molecule has 6 nitrogen and oxygen atoms in total. The molecule has 0 heterocycles. The normalized spacial score (nSPS) is 11.6. The molecule has 0 radical (unpaired) electrons. The van der Waals surface area contributed by atoms with E-state index in [0.29, 0.717) is 0 Å². The largest absolute Gasteiger partial charge is 0.320 e. The summed E-state index contributed by atoms with van der Waals surface area (Å²) in [6.45, 7) is 0.0716. The van der Waals surface area contributed by atoms with Crippen LogP contribution in [0.4, 0.5) is 10.1 Å². The number of nitrogens with one attached hydrogen (secondary N) is 1. The van der Waals surface area contributed by atoms with Crippen molar-refractivity contribution in [1.82, 2.24) is 0 Å². The second-order valence-corrected chi connectivity index (χ2v) is 8.19. The molecule has 9 heteroatoms. The van der Waals surface area contributed by atoms with E-state index < -0.39 is 30.8 Å². The summed E-state index contributed by atoms with van der Waals surface area (Å²) in [6.07, 6.45) is 0.790. The van der Waals surface area contributed by atoms with Crippen LogP contribution in [0.1, 0.15) is 5.56 Å². The van der Waals surface area contributed by atoms with Crippen molar-refractivity contribution in [2.24, 2.45) is 5.73 Å². The Morgan fingerprint density at radius 3 is 2.45 bits per heavy atom. The smallest absolute Gasteiger partial charge is 0.247 e. The van der Waals surface area contributed by atoms with Crippen LogP contribution in [-0.4, -0.2) is 34.7 Å². The van der Waals surface area contributed by atoms with Gasteiger partial charge < -0.3 is 5.73 Å². The molecule has 1 aromatic carbocycles. The van der Waals surface area contributed by atoms with Gasteiger partial charge >= 0.3 is 0 Å². The topological polar surface area (TPSA) is 106 Å². The molecule has 0 aliphatic heterocycles. The van der Waals surface area contributed by atoms with Crippen molar-refractivity contribution in [3.63, 3.8) is 0 Å². The zero-order valence-electron chi connectivity index (χ0n) is 10.6. The number of nitrogens with two attached hydrogens (primary N) is 1. The average Bonchev–Trinajstić information content (AvgIpc) is 2.23. The lowest BCUT2D eigenvalue weighted by atomic mass is 10.2. The van der Waals surface area contributed by atoms with E-state index in [4.69, 9.17) is 5.73 Å². The Kier molecular flexibility index (Phi) is 5.10. The van der Waals surface area contributed by atoms with E-state index in [2.05, 4.69) is 11.8 Å². The molecule has 20 heavy (non-hydrogen) atoms. The van der Waals surface area contributed by atoms with Gasteiger partial charge in [0, 0.05) is 6.26 Å². The highest BCUT2D eigenvalue weighted by Crippen LogP contribution is 2.15. The molecule has 0 amide bonds. The number of benzene rings is 1. The second kappa shape index (κ2) is 6.21. The van der Waals surface area contributed by atoms with Crippen molar-refractivity contribution >= 4 is 25.5 Å². The summed E-state index contributed by atoms with van der Waals surface area (Å²) in [4.78, 5) is 0. The quantitative estimate of drug-likeness (QED) is 0.752. The van der Waals surface area contributed by atoms with Crippen molar-refractivity contribution in [2.75, 3.05) is 22.6 Å². The molecule has 0 fully saturated rings. The SMILES string of the molecule is CS(=O)(=O)CS(=O)(=O)Nc1ccc(C#CCN)c(F)c1. The second-order valence-electron chi connectivity index (χ2n) is 3.96. The van der Waals surface area contributed by atoms with E-state index in [0.717, 1.165) is 12.3 Å². The molecule has 0 aromatic heterocycles. The molecule has 0 unspecified atom stereocenters. The van der Waals surface area contributed by atoms with Crippen LogP contribution < -0.4 is 10.5 Å². The van der Waals surface area contributed by atoms with Gasteiger partial charge in [0.15, 0.2) is 14.9 Å². The highest BCUT2D eigenvalue weighted by atomic mass is 32.3. The molecule has 1 rings (SSSR count). The standard InChI is InChI=1S/C11H13FN2O4S2/c1-19(15,16)8-20(17,18)14-10-5-4-9(3-2-6-13)11(12)7-10/h4-5,7,14H,6,8,13H2,1H3. The Bertz CT molecular complexity index is 761. The van der Waals surface area contributed by atoms with Crippen LogP contribution in [-0.2, 0) is 19.9 Å². The summed E-state index contributed by atoms with van der Waals surface area (Å²) in [5.41, 5.74) is 5.15. The first-order chi connectivity index (χ1) is 9.13. The Morgan fingerprint density at radius 2 is 1.95 bits per heavy atom. The fourth-order valence-corrected chi connectivity index (χ4v) is 4.29. The number of hydrogen-bond donors (Lipinski definition) is 2. The number of anilines is 1. The van der Waals surface area contributed by atoms with E-state index in [-0.39, 0.29) is 17.8 Å². The van der Waals surface area contributed by atoms with Crippen LogP contribution in [0.2, 0.25) is 0 Å². The Morgan fingerprint density at radius 1 is 1.30 bits per heavy atom. The minimum absolute atomic E-state index is 0.0708. The maximum absolute atomic E-state index is 13.6. The van der Waals surface area contributed by atoms with Crippen molar-refractivity contribution in [3.8, 4) is 11.8 Å². The first-order valence-electron chi connectivity index (χ1n) is 5.30. The molecular weight excluding hydrogens is 307 g/mol. The lowest BCUT2D eigenvalue weighted by molar-refractivity contribution is 0.595. The number of halogens is 1. The molecule has 0 aliphatic rings. The summed E-state index contributed by atoms with van der Waals surface area (Å²) >= 11 is 0. The van der Waals surface area contributed by atoms with Gasteiger partial charge in [0.1, 0.15) is 5.82 Å². The van der Waals surface area contributed by atoms with E-state index >= 15 is 0 Å². The van der Waals surface area contributed by atoms with Crippen LogP contribution in [0.15, 0.2) is 18.2 Å². The third kappa shape index (κ3) is 5.56. The molecule has 0 atom stereocenters. The van der Waals surface area contributed by atoms with Gasteiger partial charge in [-0.25, -0.2) is 21.2 Å². The molecule has 0 spiro atoms. The molecule has 0 saturated carbocycles. The Labute approximate surface area is 117 Å². The minimum atomic E-state index is -4.10. The van der Waals surface area contributed by atoms with Crippen molar-refractivity contribution in [2.45, 2.75) is 0 Å². The summed E-state index contributed by atoms with van der Waals surface area (Å²) < 4.78 is 60.5. The third-order valence-electron chi connectivity index (χ3n) is 1.94. The van der Waals surface area contributed by atoms with Crippen molar-refractivity contribution in [3.05, 3.63) is 29.6 Å². The molecule has 0 bridgehead atoms. The highest BCUT2D eigenvalue weighted by Gasteiger charge is 2.18. The maximum Gasteiger partial charge on any atom is 0.247 e. The minimum Gasteiger partial charge on any atom is -0.320 e. The van der Waals surface area contributed by atoms with Gasteiger partial charge in [0.25, 0.3) is 0 Å². The van der Waals surface area contributed by atoms with Crippen LogP contribution in [0.3, 0.4) is 0 Å². The zero-order valence-corrected chi connectivity index (χ0v) is 12.2. The summed E-state index contributed by atoms with van der Waals surface area (Å²) in [7, 11) is -7.81. The zero-order chi connectivity index (χ0) is 15.4. The molecule has 3 N–H and O–H groups in total. The highest BCUT2D eigenvalue weighted by molar-refractivity contribution is 8.08. The van der Waals surface area contributed by atoms with E-state index in [9.17, 15) is 21.2 Å². The van der Waals surface area contributed by atoms with Crippen molar-refractivity contribution < 1.29 is 21.2 Å². The number of sulfonamides is 1. The van der Waals surface area contributed by atoms with Gasteiger partial charge in [0.05, 0.1) is 17.8 Å². The molecule has 1 aromatic rings. The summed E-state index contributed by atoms with van der Waals surface area (Å²) in [5.74, 6) is 4.21. The Hall–Kier alpha value is -1.63. The molecule has 0 aliphatic carbocycles. The van der Waals surface area contributed by atoms with Gasteiger partial charge in [-0.1, -0.05) is 11.8 Å². The first-order valence-corrected chi connectivity index (χ1v) is 9.01.